The van der Waals surface area contributed by atoms with Crippen LogP contribution in [0.25, 0.3) is 0 Å². The second-order valence-electron chi connectivity index (χ2n) is 2.32. The molecule has 0 spiro atoms. The summed E-state index contributed by atoms with van der Waals surface area (Å²) < 4.78 is 26.5. The lowest BCUT2D eigenvalue weighted by molar-refractivity contribution is -0.0540. The van der Waals surface area contributed by atoms with Crippen molar-refractivity contribution >= 4 is 0 Å². The zero-order valence-corrected chi connectivity index (χ0v) is 7.87. The van der Waals surface area contributed by atoms with E-state index in [2.05, 4.69) is 0 Å². The van der Waals surface area contributed by atoms with Crippen LogP contribution in [0, 0.1) is 0 Å². The van der Waals surface area contributed by atoms with E-state index in [-0.39, 0.29) is 13.2 Å². The predicted octanol–water partition coefficient (Wildman–Crippen LogP) is 0.344. The fraction of sp³-hybridized carbons (Fsp3) is 1.00. The minimum atomic E-state index is -1.90. The Morgan fingerprint density at radius 3 is 2.15 bits per heavy atom. The maximum absolute atomic E-state index is 11.7. The van der Waals surface area contributed by atoms with Crippen molar-refractivity contribution in [2.75, 3.05) is 39.6 Å². The molecule has 0 radical (unpaired) electrons. The summed E-state index contributed by atoms with van der Waals surface area (Å²) in [6.07, 6.45) is -1.90. The van der Waals surface area contributed by atoms with Crippen LogP contribution in [-0.4, -0.2) is 51.1 Å². The molecule has 0 aromatic rings. The van der Waals surface area contributed by atoms with E-state index in [9.17, 15) is 4.39 Å². The van der Waals surface area contributed by atoms with Gasteiger partial charge in [0.15, 0.2) is 0 Å². The van der Waals surface area contributed by atoms with Crippen LogP contribution in [0.2, 0.25) is 0 Å². The summed E-state index contributed by atoms with van der Waals surface area (Å²) in [6.45, 7) is 4.03. The number of hydrogen-bond donors (Lipinski definition) is 1. The lowest BCUT2D eigenvalue weighted by Gasteiger charge is -2.05. The van der Waals surface area contributed by atoms with Crippen molar-refractivity contribution in [3.8, 4) is 0 Å². The quantitative estimate of drug-likeness (QED) is 0.540. The highest BCUT2D eigenvalue weighted by Gasteiger charge is 1.98. The highest BCUT2D eigenvalue weighted by Crippen LogP contribution is 1.86. The molecule has 0 aromatic heterocycles. The molecule has 13 heavy (non-hydrogen) atoms. The Balaban J connectivity index is 2.84. The summed E-state index contributed by atoms with van der Waals surface area (Å²) in [7, 11) is 0. The van der Waals surface area contributed by atoms with Gasteiger partial charge in [-0.15, -0.1) is 0 Å². The molecule has 0 saturated carbocycles. The van der Waals surface area contributed by atoms with Gasteiger partial charge in [0.2, 0.25) is 6.36 Å². The van der Waals surface area contributed by atoms with Crippen LogP contribution in [-0.2, 0) is 14.2 Å². The van der Waals surface area contributed by atoms with E-state index in [4.69, 9.17) is 19.3 Å². The zero-order chi connectivity index (χ0) is 9.94. The zero-order valence-electron chi connectivity index (χ0n) is 7.87. The molecule has 0 aliphatic carbocycles. The predicted molar refractivity (Wildman–Crippen MR) is 45.2 cm³/mol. The van der Waals surface area contributed by atoms with Crippen LogP contribution in [0.3, 0.4) is 0 Å². The molecule has 1 N–H and O–H groups in total. The third-order valence-electron chi connectivity index (χ3n) is 1.20. The van der Waals surface area contributed by atoms with Crippen LogP contribution < -0.4 is 0 Å². The monoisotopic (exact) mass is 196 g/mol. The van der Waals surface area contributed by atoms with Gasteiger partial charge < -0.3 is 19.3 Å². The lowest BCUT2D eigenvalue weighted by Crippen LogP contribution is -2.14. The molecular weight excluding hydrogens is 179 g/mol. The van der Waals surface area contributed by atoms with Gasteiger partial charge in [-0.3, -0.25) is 0 Å². The van der Waals surface area contributed by atoms with E-state index in [0.717, 1.165) is 0 Å². The van der Waals surface area contributed by atoms with E-state index >= 15 is 0 Å². The summed E-state index contributed by atoms with van der Waals surface area (Å²) in [6, 6.07) is 0. The molecule has 1 unspecified atom stereocenters. The number of ether oxygens (including phenoxy) is 3. The van der Waals surface area contributed by atoms with Crippen molar-refractivity contribution in [3.63, 3.8) is 0 Å². The van der Waals surface area contributed by atoms with Crippen LogP contribution in [0.1, 0.15) is 6.92 Å². The molecule has 80 valence electrons. The van der Waals surface area contributed by atoms with Gasteiger partial charge in [-0.05, 0) is 6.92 Å². The highest BCUT2D eigenvalue weighted by molar-refractivity contribution is 4.35. The molecule has 0 bridgehead atoms. The molecule has 0 heterocycles. The number of hydrogen-bond acceptors (Lipinski definition) is 4. The van der Waals surface area contributed by atoms with Crippen molar-refractivity contribution in [3.05, 3.63) is 0 Å². The van der Waals surface area contributed by atoms with Crippen LogP contribution in [0.15, 0.2) is 0 Å². The number of aliphatic hydroxyl groups is 1. The summed E-state index contributed by atoms with van der Waals surface area (Å²) in [5.74, 6) is 0. The Morgan fingerprint density at radius 2 is 1.62 bits per heavy atom. The van der Waals surface area contributed by atoms with Gasteiger partial charge in [0.25, 0.3) is 0 Å². The summed E-state index contributed by atoms with van der Waals surface area (Å²) in [4.78, 5) is 0. The molecule has 1 atom stereocenters. The summed E-state index contributed by atoms with van der Waals surface area (Å²) in [5, 5.41) is 8.17. The number of aliphatic hydroxyl groups excluding tert-OH is 1. The fourth-order valence-electron chi connectivity index (χ4n) is 0.663. The molecule has 0 aliphatic heterocycles. The topological polar surface area (TPSA) is 47.9 Å². The van der Waals surface area contributed by atoms with Crippen molar-refractivity contribution in [2.45, 2.75) is 13.3 Å². The van der Waals surface area contributed by atoms with E-state index < -0.39 is 6.36 Å². The number of alkyl halides is 1. The van der Waals surface area contributed by atoms with Crippen LogP contribution >= 0.6 is 0 Å². The molecule has 0 saturated heterocycles. The molecule has 4 nitrogen and oxygen atoms in total. The van der Waals surface area contributed by atoms with E-state index in [1.807, 2.05) is 6.92 Å². The molecular formula is C8H17FO4. The van der Waals surface area contributed by atoms with Gasteiger partial charge in [0.05, 0.1) is 26.4 Å². The average Bonchev–Trinajstić information content (AvgIpc) is 2.09. The van der Waals surface area contributed by atoms with Gasteiger partial charge in [0.1, 0.15) is 6.61 Å². The maximum atomic E-state index is 11.7. The van der Waals surface area contributed by atoms with Crippen molar-refractivity contribution in [2.24, 2.45) is 0 Å². The second kappa shape index (κ2) is 9.85. The molecule has 0 fully saturated rings. The normalized spacial score (nSPS) is 13.2. The van der Waals surface area contributed by atoms with Gasteiger partial charge in [-0.1, -0.05) is 0 Å². The fourth-order valence-corrected chi connectivity index (χ4v) is 0.663. The third-order valence-corrected chi connectivity index (χ3v) is 1.20. The van der Waals surface area contributed by atoms with Crippen molar-refractivity contribution in [1.29, 1.82) is 0 Å². The Hall–Kier alpha value is -0.230. The number of rotatable bonds is 9. The van der Waals surface area contributed by atoms with Gasteiger partial charge >= 0.3 is 0 Å². The standard InChI is InChI=1S/C8H17FO4/c1-2-11-3-4-12-5-6-13-7-8(9)10/h8,10H,2-7H2,1H3. The Kier molecular flexibility index (Phi) is 9.68. The first-order valence-electron chi connectivity index (χ1n) is 4.32. The molecule has 5 heteroatoms. The van der Waals surface area contributed by atoms with Gasteiger partial charge in [-0.25, -0.2) is 4.39 Å². The Morgan fingerprint density at radius 1 is 1.08 bits per heavy atom. The molecule has 0 aromatic carbocycles. The van der Waals surface area contributed by atoms with Crippen molar-refractivity contribution in [1.82, 2.24) is 0 Å². The van der Waals surface area contributed by atoms with E-state index in [1.54, 1.807) is 0 Å². The highest BCUT2D eigenvalue weighted by atomic mass is 19.1. The minimum absolute atomic E-state index is 0.285. The molecule has 0 rings (SSSR count). The first-order valence-corrected chi connectivity index (χ1v) is 4.32. The van der Waals surface area contributed by atoms with Crippen molar-refractivity contribution < 1.29 is 23.7 Å². The SMILES string of the molecule is CCOCCOCCOCC(O)F. The second-order valence-corrected chi connectivity index (χ2v) is 2.32. The first kappa shape index (κ1) is 12.8. The largest absolute Gasteiger partial charge is 0.379 e. The minimum Gasteiger partial charge on any atom is -0.379 e. The summed E-state index contributed by atoms with van der Waals surface area (Å²) in [5.41, 5.74) is 0. The van der Waals surface area contributed by atoms with E-state index in [1.165, 1.54) is 0 Å². The maximum Gasteiger partial charge on any atom is 0.220 e. The third kappa shape index (κ3) is 11.8. The Labute approximate surface area is 77.6 Å². The van der Waals surface area contributed by atoms with Crippen LogP contribution in [0.4, 0.5) is 4.39 Å². The smallest absolute Gasteiger partial charge is 0.220 e. The first-order chi connectivity index (χ1) is 6.27. The van der Waals surface area contributed by atoms with Crippen LogP contribution in [0.5, 0.6) is 0 Å². The van der Waals surface area contributed by atoms with E-state index in [0.29, 0.717) is 26.4 Å². The average molecular weight is 196 g/mol. The molecule has 0 aliphatic rings. The lowest BCUT2D eigenvalue weighted by atomic mass is 10.7. The number of halogens is 1. The van der Waals surface area contributed by atoms with Gasteiger partial charge in [-0.2, -0.15) is 0 Å². The Bertz CT molecular complexity index is 100. The molecule has 0 amide bonds. The van der Waals surface area contributed by atoms with Gasteiger partial charge in [0, 0.05) is 6.61 Å². The summed E-state index contributed by atoms with van der Waals surface area (Å²) >= 11 is 0.